The second kappa shape index (κ2) is 10.1. The maximum atomic E-state index is 13.5. The van der Waals surface area contributed by atoms with Gasteiger partial charge in [-0.3, -0.25) is 9.69 Å². The van der Waals surface area contributed by atoms with Crippen molar-refractivity contribution in [1.29, 1.82) is 0 Å². The van der Waals surface area contributed by atoms with Gasteiger partial charge in [-0.15, -0.1) is 0 Å². The molecular formula is C21H24Cl2FN3O. The van der Waals surface area contributed by atoms with E-state index in [1.165, 1.54) is 11.8 Å². The number of carbonyl (C=O) groups excluding carboxylic acids is 1. The van der Waals surface area contributed by atoms with Crippen molar-refractivity contribution in [2.45, 2.75) is 12.8 Å². The summed E-state index contributed by atoms with van der Waals surface area (Å²) in [5, 5.41) is 2.86. The summed E-state index contributed by atoms with van der Waals surface area (Å²) in [4.78, 5) is 17.0. The topological polar surface area (TPSA) is 35.6 Å². The first-order valence-corrected chi connectivity index (χ1v) is 10.3. The van der Waals surface area contributed by atoms with E-state index in [9.17, 15) is 9.18 Å². The monoisotopic (exact) mass is 423 g/mol. The lowest BCUT2D eigenvalue weighted by molar-refractivity contribution is 0.0952. The molecule has 0 bridgehead atoms. The van der Waals surface area contributed by atoms with Crippen LogP contribution in [-0.4, -0.2) is 50.1 Å². The Labute approximate surface area is 175 Å². The predicted molar refractivity (Wildman–Crippen MR) is 113 cm³/mol. The molecule has 0 saturated carbocycles. The summed E-state index contributed by atoms with van der Waals surface area (Å²) in [7, 11) is 0. The highest BCUT2D eigenvalue weighted by Gasteiger charge is 2.17. The van der Waals surface area contributed by atoms with Crippen LogP contribution in [0.4, 0.5) is 10.1 Å². The second-order valence-electron chi connectivity index (χ2n) is 6.87. The molecule has 1 aliphatic rings. The highest BCUT2D eigenvalue weighted by Crippen LogP contribution is 2.24. The number of hydrogen-bond donors (Lipinski definition) is 1. The number of piperazine rings is 1. The van der Waals surface area contributed by atoms with Crippen molar-refractivity contribution in [3.63, 3.8) is 0 Å². The van der Waals surface area contributed by atoms with Gasteiger partial charge in [0, 0.05) is 38.4 Å². The molecule has 0 atom stereocenters. The molecule has 4 nitrogen and oxygen atoms in total. The summed E-state index contributed by atoms with van der Waals surface area (Å²) in [5.41, 5.74) is 1.39. The maximum absolute atomic E-state index is 13.5. The quantitative estimate of drug-likeness (QED) is 0.527. The van der Waals surface area contributed by atoms with Crippen molar-refractivity contribution in [3.05, 3.63) is 63.9 Å². The number of carbonyl (C=O) groups is 1. The zero-order valence-electron chi connectivity index (χ0n) is 15.6. The minimum atomic E-state index is -0.647. The average molecular weight is 424 g/mol. The zero-order chi connectivity index (χ0) is 19.9. The third-order valence-corrected chi connectivity index (χ3v) is 5.54. The van der Waals surface area contributed by atoms with Crippen LogP contribution in [0.15, 0.2) is 42.5 Å². The number of anilines is 1. The van der Waals surface area contributed by atoms with Crippen LogP contribution in [-0.2, 0) is 0 Å². The van der Waals surface area contributed by atoms with E-state index in [2.05, 4.69) is 39.4 Å². The van der Waals surface area contributed by atoms with Gasteiger partial charge in [0.25, 0.3) is 5.91 Å². The molecule has 1 heterocycles. The van der Waals surface area contributed by atoms with Crippen LogP contribution in [0.3, 0.4) is 0 Å². The van der Waals surface area contributed by atoms with Crippen LogP contribution in [0.2, 0.25) is 10.0 Å². The van der Waals surface area contributed by atoms with E-state index in [1.807, 2.05) is 6.07 Å². The number of para-hydroxylation sites is 1. The molecule has 1 saturated heterocycles. The summed E-state index contributed by atoms with van der Waals surface area (Å²) in [6, 6.07) is 12.8. The van der Waals surface area contributed by atoms with E-state index in [-0.39, 0.29) is 21.5 Å². The van der Waals surface area contributed by atoms with Gasteiger partial charge >= 0.3 is 0 Å². The van der Waals surface area contributed by atoms with Crippen LogP contribution >= 0.6 is 23.2 Å². The molecule has 0 aliphatic carbocycles. The molecule has 150 valence electrons. The standard InChI is InChI=1S/C21H24Cl2FN3O/c22-18-15-19(23)20(24)14-17(18)21(28)25-8-4-5-9-26-10-12-27(13-11-26)16-6-2-1-3-7-16/h1-3,6-7,14-15H,4-5,8-13H2,(H,25,28). The Morgan fingerprint density at radius 3 is 2.43 bits per heavy atom. The summed E-state index contributed by atoms with van der Waals surface area (Å²) >= 11 is 11.6. The van der Waals surface area contributed by atoms with Crippen molar-refractivity contribution in [1.82, 2.24) is 10.2 Å². The molecule has 7 heteroatoms. The molecule has 1 amide bonds. The zero-order valence-corrected chi connectivity index (χ0v) is 17.1. The van der Waals surface area contributed by atoms with E-state index in [0.717, 1.165) is 51.6 Å². The number of amides is 1. The molecular weight excluding hydrogens is 400 g/mol. The van der Waals surface area contributed by atoms with Crippen LogP contribution in [0.5, 0.6) is 0 Å². The third kappa shape index (κ3) is 5.60. The fraction of sp³-hybridized carbons (Fsp3) is 0.381. The van der Waals surface area contributed by atoms with Crippen molar-refractivity contribution in [2.24, 2.45) is 0 Å². The fourth-order valence-electron chi connectivity index (χ4n) is 3.32. The molecule has 2 aromatic carbocycles. The average Bonchev–Trinajstić information content (AvgIpc) is 2.71. The Morgan fingerprint density at radius 1 is 1.00 bits per heavy atom. The third-order valence-electron chi connectivity index (χ3n) is 4.93. The summed E-state index contributed by atoms with van der Waals surface area (Å²) in [6.07, 6.45) is 1.85. The number of nitrogens with zero attached hydrogens (tertiary/aromatic N) is 2. The van der Waals surface area contributed by atoms with E-state index in [4.69, 9.17) is 23.2 Å². The van der Waals surface area contributed by atoms with E-state index in [0.29, 0.717) is 6.54 Å². The molecule has 1 aliphatic heterocycles. The van der Waals surface area contributed by atoms with E-state index < -0.39 is 5.82 Å². The van der Waals surface area contributed by atoms with Gasteiger partial charge in [0.05, 0.1) is 15.6 Å². The van der Waals surface area contributed by atoms with Gasteiger partial charge in [0.1, 0.15) is 5.82 Å². The van der Waals surface area contributed by atoms with Gasteiger partial charge in [0.2, 0.25) is 0 Å². The number of nitrogens with one attached hydrogen (secondary N) is 1. The van der Waals surface area contributed by atoms with Crippen LogP contribution in [0.1, 0.15) is 23.2 Å². The molecule has 0 radical (unpaired) electrons. The van der Waals surface area contributed by atoms with Gasteiger partial charge in [-0.05, 0) is 43.7 Å². The fourth-order valence-corrected chi connectivity index (χ4v) is 3.79. The lowest BCUT2D eigenvalue weighted by atomic mass is 10.2. The normalized spacial score (nSPS) is 14.9. The van der Waals surface area contributed by atoms with Gasteiger partial charge in [0.15, 0.2) is 0 Å². The van der Waals surface area contributed by atoms with Crippen molar-refractivity contribution < 1.29 is 9.18 Å². The number of halogens is 3. The molecule has 1 N–H and O–H groups in total. The first kappa shape index (κ1) is 20.9. The largest absolute Gasteiger partial charge is 0.369 e. The highest BCUT2D eigenvalue weighted by atomic mass is 35.5. The SMILES string of the molecule is O=C(NCCCCN1CCN(c2ccccc2)CC1)c1cc(F)c(Cl)cc1Cl. The predicted octanol–water partition coefficient (Wildman–Crippen LogP) is 4.46. The number of benzene rings is 2. The van der Waals surface area contributed by atoms with Gasteiger partial charge < -0.3 is 10.2 Å². The summed E-state index contributed by atoms with van der Waals surface area (Å²) in [5.74, 6) is -1.03. The smallest absolute Gasteiger partial charge is 0.252 e. The van der Waals surface area contributed by atoms with E-state index in [1.54, 1.807) is 0 Å². The summed E-state index contributed by atoms with van der Waals surface area (Å²) in [6.45, 7) is 5.68. The maximum Gasteiger partial charge on any atom is 0.252 e. The molecule has 0 aromatic heterocycles. The lowest BCUT2D eigenvalue weighted by Gasteiger charge is -2.36. The Kier molecular flexibility index (Phi) is 7.54. The van der Waals surface area contributed by atoms with E-state index >= 15 is 0 Å². The minimum Gasteiger partial charge on any atom is -0.369 e. The molecule has 0 unspecified atom stereocenters. The first-order chi connectivity index (χ1) is 13.5. The van der Waals surface area contributed by atoms with Crippen molar-refractivity contribution in [3.8, 4) is 0 Å². The highest BCUT2D eigenvalue weighted by molar-refractivity contribution is 6.36. The molecule has 2 aromatic rings. The molecule has 0 spiro atoms. The van der Waals surface area contributed by atoms with Crippen LogP contribution < -0.4 is 10.2 Å². The summed E-state index contributed by atoms with van der Waals surface area (Å²) < 4.78 is 13.5. The number of unbranched alkanes of at least 4 members (excludes halogenated alkanes) is 1. The molecule has 1 fully saturated rings. The van der Waals surface area contributed by atoms with Crippen LogP contribution in [0.25, 0.3) is 0 Å². The lowest BCUT2D eigenvalue weighted by Crippen LogP contribution is -2.46. The Hall–Kier alpha value is -1.82. The number of hydrogen-bond acceptors (Lipinski definition) is 3. The van der Waals surface area contributed by atoms with Crippen LogP contribution in [0, 0.1) is 5.82 Å². The Balaban J connectivity index is 1.33. The molecule has 28 heavy (non-hydrogen) atoms. The molecule has 3 rings (SSSR count). The van der Waals surface area contributed by atoms with Gasteiger partial charge in [-0.1, -0.05) is 41.4 Å². The van der Waals surface area contributed by atoms with Crippen molar-refractivity contribution >= 4 is 34.8 Å². The Bertz CT molecular complexity index is 796. The van der Waals surface area contributed by atoms with Gasteiger partial charge in [-0.2, -0.15) is 0 Å². The number of rotatable bonds is 7. The Morgan fingerprint density at radius 2 is 1.71 bits per heavy atom. The van der Waals surface area contributed by atoms with Gasteiger partial charge in [-0.25, -0.2) is 4.39 Å². The van der Waals surface area contributed by atoms with Crippen molar-refractivity contribution in [2.75, 3.05) is 44.2 Å². The second-order valence-corrected chi connectivity index (χ2v) is 7.69. The first-order valence-electron chi connectivity index (χ1n) is 9.49. The minimum absolute atomic E-state index is 0.0890.